The summed E-state index contributed by atoms with van der Waals surface area (Å²) in [5.74, 6) is -0.759. The molecule has 2 rings (SSSR count). The third-order valence-corrected chi connectivity index (χ3v) is 3.75. The maximum absolute atomic E-state index is 11.8. The number of carbonyl (C=O) groups is 2. The molecule has 1 unspecified atom stereocenters. The maximum atomic E-state index is 11.8. The van der Waals surface area contributed by atoms with Crippen molar-refractivity contribution in [2.24, 2.45) is 17.4 Å². The summed E-state index contributed by atoms with van der Waals surface area (Å²) in [6.45, 7) is 1.35. The van der Waals surface area contributed by atoms with E-state index in [-0.39, 0.29) is 17.4 Å². The minimum atomic E-state index is -0.735. The van der Waals surface area contributed by atoms with E-state index in [4.69, 9.17) is 16.2 Å². The smallest absolute Gasteiger partial charge is 0.234 e. The van der Waals surface area contributed by atoms with Crippen molar-refractivity contribution < 1.29 is 14.3 Å². The summed E-state index contributed by atoms with van der Waals surface area (Å²) in [5.41, 5.74) is 10.6. The van der Waals surface area contributed by atoms with Gasteiger partial charge in [-0.1, -0.05) is 0 Å². The highest BCUT2D eigenvalue weighted by molar-refractivity contribution is 5.84. The number of amides is 2. The first-order valence-corrected chi connectivity index (χ1v) is 5.97. The number of hydrogen-bond acceptors (Lipinski definition) is 4. The van der Waals surface area contributed by atoms with E-state index in [0.29, 0.717) is 19.6 Å². The summed E-state index contributed by atoms with van der Waals surface area (Å²) < 4.78 is 5.30. The van der Waals surface area contributed by atoms with Gasteiger partial charge in [0.15, 0.2) is 0 Å². The molecule has 5 N–H and O–H groups in total. The Morgan fingerprint density at radius 3 is 2.76 bits per heavy atom. The molecule has 0 saturated carbocycles. The third kappa shape index (κ3) is 2.58. The molecule has 6 nitrogen and oxygen atoms in total. The molecule has 0 aromatic rings. The maximum Gasteiger partial charge on any atom is 0.234 e. The van der Waals surface area contributed by atoms with Crippen LogP contribution in [0.25, 0.3) is 0 Å². The predicted molar refractivity (Wildman–Crippen MR) is 60.8 cm³/mol. The van der Waals surface area contributed by atoms with Crippen LogP contribution in [-0.2, 0) is 14.3 Å². The highest BCUT2D eigenvalue weighted by atomic mass is 16.5. The van der Waals surface area contributed by atoms with Gasteiger partial charge in [0.05, 0.1) is 6.04 Å². The summed E-state index contributed by atoms with van der Waals surface area (Å²) in [6, 6.07) is -0.735. The van der Waals surface area contributed by atoms with E-state index < -0.39 is 11.9 Å². The Hall–Kier alpha value is -1.14. The molecule has 17 heavy (non-hydrogen) atoms. The molecular weight excluding hydrogens is 222 g/mol. The van der Waals surface area contributed by atoms with Gasteiger partial charge in [-0.2, -0.15) is 0 Å². The quantitative estimate of drug-likeness (QED) is 0.581. The van der Waals surface area contributed by atoms with Crippen molar-refractivity contribution in [3.05, 3.63) is 0 Å². The van der Waals surface area contributed by atoms with Crippen molar-refractivity contribution in [2.75, 3.05) is 13.2 Å². The minimum Gasteiger partial charge on any atom is -0.381 e. The van der Waals surface area contributed by atoms with Gasteiger partial charge in [-0.05, 0) is 25.7 Å². The molecule has 2 heterocycles. The number of nitrogens with one attached hydrogen (secondary N) is 1. The van der Waals surface area contributed by atoms with Crippen molar-refractivity contribution in [2.45, 2.75) is 37.3 Å². The number of rotatable bonds is 3. The third-order valence-electron chi connectivity index (χ3n) is 3.75. The standard InChI is InChI=1S/C11H19N3O3/c12-8(9(13)15)5-7-6-11(14-10(7)16)1-3-17-4-2-11/h7-8H,1-6,12H2,(H2,13,15)(H,14,16)/t7?,8-/m0/s1. The summed E-state index contributed by atoms with van der Waals surface area (Å²) in [5, 5.41) is 3.04. The van der Waals surface area contributed by atoms with Crippen molar-refractivity contribution in [3.8, 4) is 0 Å². The first-order chi connectivity index (χ1) is 8.02. The second-order valence-corrected chi connectivity index (χ2v) is 5.03. The van der Waals surface area contributed by atoms with Gasteiger partial charge < -0.3 is 21.5 Å². The molecule has 0 aromatic carbocycles. The van der Waals surface area contributed by atoms with Crippen LogP contribution in [0.2, 0.25) is 0 Å². The van der Waals surface area contributed by atoms with Gasteiger partial charge in [0.25, 0.3) is 0 Å². The van der Waals surface area contributed by atoms with E-state index in [1.54, 1.807) is 0 Å². The second-order valence-electron chi connectivity index (χ2n) is 5.03. The molecule has 2 fully saturated rings. The molecule has 2 aliphatic heterocycles. The number of hydrogen-bond donors (Lipinski definition) is 3. The first kappa shape index (κ1) is 12.3. The second kappa shape index (κ2) is 4.62. The molecule has 0 bridgehead atoms. The van der Waals surface area contributed by atoms with Crippen LogP contribution in [0.3, 0.4) is 0 Å². The lowest BCUT2D eigenvalue weighted by atomic mass is 9.84. The van der Waals surface area contributed by atoms with Crippen LogP contribution in [0.4, 0.5) is 0 Å². The Labute approximate surface area is 100 Å². The lowest BCUT2D eigenvalue weighted by Gasteiger charge is -2.33. The lowest BCUT2D eigenvalue weighted by Crippen LogP contribution is -2.45. The van der Waals surface area contributed by atoms with Crippen LogP contribution in [-0.4, -0.2) is 36.6 Å². The van der Waals surface area contributed by atoms with Gasteiger partial charge in [-0.3, -0.25) is 9.59 Å². The molecule has 0 aliphatic carbocycles. The van der Waals surface area contributed by atoms with Crippen LogP contribution >= 0.6 is 0 Å². The molecule has 2 amide bonds. The van der Waals surface area contributed by atoms with Crippen LogP contribution in [0, 0.1) is 5.92 Å². The van der Waals surface area contributed by atoms with Crippen LogP contribution in [0.5, 0.6) is 0 Å². The topological polar surface area (TPSA) is 107 Å². The average Bonchev–Trinajstić information content (AvgIpc) is 2.56. The fourth-order valence-corrected chi connectivity index (χ4v) is 2.68. The van der Waals surface area contributed by atoms with Gasteiger partial charge in [-0.15, -0.1) is 0 Å². The summed E-state index contributed by atoms with van der Waals surface area (Å²) >= 11 is 0. The number of primary amides is 1. The molecule has 1 spiro atoms. The van der Waals surface area contributed by atoms with Crippen LogP contribution < -0.4 is 16.8 Å². The van der Waals surface area contributed by atoms with Gasteiger partial charge in [0, 0.05) is 24.7 Å². The van der Waals surface area contributed by atoms with E-state index in [0.717, 1.165) is 19.3 Å². The Kier molecular flexibility index (Phi) is 3.35. The highest BCUT2D eigenvalue weighted by Crippen LogP contribution is 2.35. The fraction of sp³-hybridized carbons (Fsp3) is 0.818. The summed E-state index contributed by atoms with van der Waals surface area (Å²) in [7, 11) is 0. The lowest BCUT2D eigenvalue weighted by molar-refractivity contribution is -0.124. The van der Waals surface area contributed by atoms with E-state index in [9.17, 15) is 9.59 Å². The largest absolute Gasteiger partial charge is 0.381 e. The molecule has 2 aliphatic rings. The minimum absolute atomic E-state index is 0.0106. The normalized spacial score (nSPS) is 29.0. The SMILES string of the molecule is NC(=O)[C@@H](N)CC1CC2(CCOCC2)NC1=O. The summed E-state index contributed by atoms with van der Waals surface area (Å²) in [6.07, 6.45) is 2.74. The molecule has 2 atom stereocenters. The van der Waals surface area contributed by atoms with Gasteiger partial charge in [0.1, 0.15) is 0 Å². The summed E-state index contributed by atoms with van der Waals surface area (Å²) in [4.78, 5) is 22.8. The van der Waals surface area contributed by atoms with Crippen LogP contribution in [0.15, 0.2) is 0 Å². The molecule has 6 heteroatoms. The van der Waals surface area contributed by atoms with E-state index in [1.807, 2.05) is 0 Å². The zero-order chi connectivity index (χ0) is 12.5. The zero-order valence-corrected chi connectivity index (χ0v) is 9.78. The molecule has 0 radical (unpaired) electrons. The Morgan fingerprint density at radius 2 is 2.18 bits per heavy atom. The Bertz CT molecular complexity index is 326. The van der Waals surface area contributed by atoms with Crippen molar-refractivity contribution in [3.63, 3.8) is 0 Å². The molecule has 0 aromatic heterocycles. The van der Waals surface area contributed by atoms with Gasteiger partial charge in [0.2, 0.25) is 11.8 Å². The van der Waals surface area contributed by atoms with E-state index in [1.165, 1.54) is 0 Å². The van der Waals surface area contributed by atoms with Gasteiger partial charge >= 0.3 is 0 Å². The van der Waals surface area contributed by atoms with Crippen LogP contribution in [0.1, 0.15) is 25.7 Å². The average molecular weight is 241 g/mol. The number of carbonyl (C=O) groups excluding carboxylic acids is 2. The first-order valence-electron chi connectivity index (χ1n) is 5.97. The van der Waals surface area contributed by atoms with Crippen molar-refractivity contribution >= 4 is 11.8 Å². The predicted octanol–water partition coefficient (Wildman–Crippen LogP) is -1.13. The van der Waals surface area contributed by atoms with Crippen molar-refractivity contribution in [1.29, 1.82) is 0 Å². The Balaban J connectivity index is 1.97. The number of nitrogens with two attached hydrogens (primary N) is 2. The molecular formula is C11H19N3O3. The highest BCUT2D eigenvalue weighted by Gasteiger charge is 2.45. The Morgan fingerprint density at radius 1 is 1.53 bits per heavy atom. The van der Waals surface area contributed by atoms with Crippen molar-refractivity contribution in [1.82, 2.24) is 5.32 Å². The monoisotopic (exact) mass is 241 g/mol. The van der Waals surface area contributed by atoms with E-state index >= 15 is 0 Å². The van der Waals surface area contributed by atoms with E-state index in [2.05, 4.69) is 5.32 Å². The molecule has 96 valence electrons. The van der Waals surface area contributed by atoms with Gasteiger partial charge in [-0.25, -0.2) is 0 Å². The number of ether oxygens (including phenoxy) is 1. The zero-order valence-electron chi connectivity index (χ0n) is 9.78. The fourth-order valence-electron chi connectivity index (χ4n) is 2.68. The molecule has 2 saturated heterocycles.